The Morgan fingerprint density at radius 1 is 0.500 bits per heavy atom. The fraction of sp³-hybridized carbons (Fsp3) is 0.933. The van der Waals surface area contributed by atoms with Gasteiger partial charge < -0.3 is 20.6 Å². The Kier molecular flexibility index (Phi) is 40.1. The first-order chi connectivity index (χ1) is 24.5. The molecule has 5 nitrogen and oxygen atoms in total. The van der Waals surface area contributed by atoms with Crippen molar-refractivity contribution in [2.75, 3.05) is 6.61 Å². The molecule has 4 N–H and O–H groups in total. The Labute approximate surface area is 312 Å². The minimum Gasteiger partial charge on any atom is -0.394 e. The van der Waals surface area contributed by atoms with E-state index in [2.05, 4.69) is 19.2 Å². The average molecular weight is 708 g/mol. The van der Waals surface area contributed by atoms with Gasteiger partial charge in [-0.2, -0.15) is 0 Å². The van der Waals surface area contributed by atoms with E-state index in [1.165, 1.54) is 193 Å². The zero-order valence-corrected chi connectivity index (χ0v) is 33.8. The summed E-state index contributed by atoms with van der Waals surface area (Å²) in [5.41, 5.74) is 0. The summed E-state index contributed by atoms with van der Waals surface area (Å²) >= 11 is 0. The molecule has 0 fully saturated rings. The number of carbonyl (C=O) groups excluding carboxylic acids is 1. The van der Waals surface area contributed by atoms with E-state index < -0.39 is 18.2 Å². The molecule has 0 aromatic carbocycles. The number of allylic oxidation sites excluding steroid dienone is 1. The summed E-state index contributed by atoms with van der Waals surface area (Å²) in [7, 11) is 0. The summed E-state index contributed by atoms with van der Waals surface area (Å²) < 4.78 is 0. The van der Waals surface area contributed by atoms with Crippen LogP contribution >= 0.6 is 0 Å². The second-order valence-corrected chi connectivity index (χ2v) is 15.7. The molecule has 0 aliphatic heterocycles. The van der Waals surface area contributed by atoms with Crippen LogP contribution in [0.3, 0.4) is 0 Å². The van der Waals surface area contributed by atoms with Crippen molar-refractivity contribution < 1.29 is 20.1 Å². The third-order valence-electron chi connectivity index (χ3n) is 10.6. The average Bonchev–Trinajstić information content (AvgIpc) is 3.11. The first kappa shape index (κ1) is 49.1. The SMILES string of the molecule is CCCCCCCCC/C=C/C(O)C(CO)NC(=O)CC(O)CCCCCCCCCCCCCCCCCCCCCCCCCCCC. The smallest absolute Gasteiger partial charge is 0.222 e. The molecule has 3 unspecified atom stereocenters. The third kappa shape index (κ3) is 36.9. The van der Waals surface area contributed by atoms with Gasteiger partial charge in [0, 0.05) is 0 Å². The number of aliphatic hydroxyl groups is 3. The number of nitrogens with one attached hydrogen (secondary N) is 1. The van der Waals surface area contributed by atoms with Crippen LogP contribution in [0.15, 0.2) is 12.2 Å². The van der Waals surface area contributed by atoms with Crippen LogP contribution in [0, 0.1) is 0 Å². The summed E-state index contributed by atoms with van der Waals surface area (Å²) in [5, 5.41) is 33.1. The minimum atomic E-state index is -0.922. The molecule has 0 saturated carbocycles. The highest BCUT2D eigenvalue weighted by atomic mass is 16.3. The van der Waals surface area contributed by atoms with Crippen LogP contribution in [0.2, 0.25) is 0 Å². The third-order valence-corrected chi connectivity index (χ3v) is 10.6. The summed E-state index contributed by atoms with van der Waals surface area (Å²) in [6.45, 7) is 4.19. The van der Waals surface area contributed by atoms with Gasteiger partial charge in [0.15, 0.2) is 0 Å². The zero-order valence-electron chi connectivity index (χ0n) is 33.8. The van der Waals surface area contributed by atoms with Crippen molar-refractivity contribution in [2.45, 2.75) is 263 Å². The number of hydrogen-bond donors (Lipinski definition) is 4. The Morgan fingerprint density at radius 2 is 0.820 bits per heavy atom. The number of aliphatic hydroxyl groups excluding tert-OH is 3. The number of amides is 1. The van der Waals surface area contributed by atoms with E-state index in [1.807, 2.05) is 6.08 Å². The van der Waals surface area contributed by atoms with Crippen molar-refractivity contribution in [3.63, 3.8) is 0 Å². The van der Waals surface area contributed by atoms with Crippen molar-refractivity contribution >= 4 is 5.91 Å². The van der Waals surface area contributed by atoms with Gasteiger partial charge in [-0.1, -0.05) is 231 Å². The quantitative estimate of drug-likeness (QED) is 0.0376. The minimum absolute atomic E-state index is 0.0183. The number of hydrogen-bond acceptors (Lipinski definition) is 4. The molecule has 0 saturated heterocycles. The van der Waals surface area contributed by atoms with Gasteiger partial charge in [0.1, 0.15) is 0 Å². The molecule has 0 heterocycles. The standard InChI is InChI=1S/C45H89NO4/c1-3-5-7-9-11-13-14-15-16-17-18-19-20-21-22-23-24-25-26-27-28-29-31-32-34-36-38-42(48)40-45(50)46-43(41-47)44(49)39-37-35-33-30-12-10-8-6-4-2/h37,39,42-44,47-49H,3-36,38,40-41H2,1-2H3,(H,46,50)/b39-37+. The Balaban J connectivity index is 3.49. The van der Waals surface area contributed by atoms with Gasteiger partial charge in [0.05, 0.1) is 31.3 Å². The van der Waals surface area contributed by atoms with Gasteiger partial charge in [-0.15, -0.1) is 0 Å². The predicted molar refractivity (Wildman–Crippen MR) is 218 cm³/mol. The van der Waals surface area contributed by atoms with E-state index in [0.29, 0.717) is 6.42 Å². The molecule has 0 aromatic heterocycles. The highest BCUT2D eigenvalue weighted by Crippen LogP contribution is 2.17. The summed E-state index contributed by atoms with van der Waals surface area (Å²) in [6, 6.07) is -0.737. The maximum Gasteiger partial charge on any atom is 0.222 e. The number of unbranched alkanes of at least 4 members (excludes halogenated alkanes) is 32. The fourth-order valence-electron chi connectivity index (χ4n) is 7.11. The number of rotatable bonds is 41. The van der Waals surface area contributed by atoms with Gasteiger partial charge in [-0.05, 0) is 19.3 Å². The molecule has 298 valence electrons. The highest BCUT2D eigenvalue weighted by molar-refractivity contribution is 5.76. The van der Waals surface area contributed by atoms with Crippen molar-refractivity contribution in [1.82, 2.24) is 5.32 Å². The first-order valence-corrected chi connectivity index (χ1v) is 22.5. The molecule has 50 heavy (non-hydrogen) atoms. The van der Waals surface area contributed by atoms with Gasteiger partial charge >= 0.3 is 0 Å². The summed E-state index contributed by atoms with van der Waals surface area (Å²) in [4.78, 5) is 12.4. The first-order valence-electron chi connectivity index (χ1n) is 22.5. The second kappa shape index (κ2) is 40.9. The molecule has 0 aliphatic rings. The van der Waals surface area contributed by atoms with Crippen LogP contribution in [0.4, 0.5) is 0 Å². The maximum absolute atomic E-state index is 12.4. The molecule has 0 radical (unpaired) electrons. The lowest BCUT2D eigenvalue weighted by molar-refractivity contribution is -0.124. The van der Waals surface area contributed by atoms with Crippen molar-refractivity contribution in [3.05, 3.63) is 12.2 Å². The molecular weight excluding hydrogens is 618 g/mol. The van der Waals surface area contributed by atoms with Crippen molar-refractivity contribution in [1.29, 1.82) is 0 Å². The number of carbonyl (C=O) groups is 1. The molecule has 1 amide bonds. The Morgan fingerprint density at radius 3 is 1.16 bits per heavy atom. The van der Waals surface area contributed by atoms with Crippen LogP contribution in [0.5, 0.6) is 0 Å². The fourth-order valence-corrected chi connectivity index (χ4v) is 7.11. The van der Waals surface area contributed by atoms with E-state index in [0.717, 1.165) is 25.7 Å². The topological polar surface area (TPSA) is 89.8 Å². The predicted octanol–water partition coefficient (Wildman–Crippen LogP) is 12.8. The highest BCUT2D eigenvalue weighted by Gasteiger charge is 2.20. The molecule has 0 spiro atoms. The second-order valence-electron chi connectivity index (χ2n) is 15.7. The maximum atomic E-state index is 12.4. The molecular formula is C45H89NO4. The van der Waals surface area contributed by atoms with Crippen molar-refractivity contribution in [3.8, 4) is 0 Å². The van der Waals surface area contributed by atoms with Gasteiger partial charge in [0.25, 0.3) is 0 Å². The van der Waals surface area contributed by atoms with E-state index in [1.54, 1.807) is 6.08 Å². The molecule has 5 heteroatoms. The lowest BCUT2D eigenvalue weighted by atomic mass is 10.0. The summed E-state index contributed by atoms with van der Waals surface area (Å²) in [5.74, 6) is -0.314. The monoisotopic (exact) mass is 708 g/mol. The van der Waals surface area contributed by atoms with Gasteiger partial charge in [-0.3, -0.25) is 4.79 Å². The van der Waals surface area contributed by atoms with E-state index in [9.17, 15) is 20.1 Å². The van der Waals surface area contributed by atoms with Crippen LogP contribution in [0.1, 0.15) is 245 Å². The molecule has 3 atom stereocenters. The Bertz CT molecular complexity index is 699. The zero-order chi connectivity index (χ0) is 36.6. The Hall–Kier alpha value is -0.910. The van der Waals surface area contributed by atoms with E-state index in [4.69, 9.17) is 0 Å². The van der Waals surface area contributed by atoms with Crippen molar-refractivity contribution in [2.24, 2.45) is 0 Å². The van der Waals surface area contributed by atoms with E-state index in [-0.39, 0.29) is 18.9 Å². The van der Waals surface area contributed by atoms with Crippen LogP contribution in [-0.2, 0) is 4.79 Å². The summed E-state index contributed by atoms with van der Waals surface area (Å²) in [6.07, 6.45) is 48.1. The molecule has 0 aromatic rings. The normalized spacial score (nSPS) is 13.6. The van der Waals surface area contributed by atoms with Crippen LogP contribution in [-0.4, -0.2) is 46.1 Å². The largest absolute Gasteiger partial charge is 0.394 e. The lowest BCUT2D eigenvalue weighted by Crippen LogP contribution is -2.45. The van der Waals surface area contributed by atoms with Crippen LogP contribution < -0.4 is 5.32 Å². The lowest BCUT2D eigenvalue weighted by Gasteiger charge is -2.21. The molecule has 0 bridgehead atoms. The van der Waals surface area contributed by atoms with Gasteiger partial charge in [0.2, 0.25) is 5.91 Å². The van der Waals surface area contributed by atoms with E-state index >= 15 is 0 Å². The van der Waals surface area contributed by atoms with Crippen LogP contribution in [0.25, 0.3) is 0 Å². The van der Waals surface area contributed by atoms with Gasteiger partial charge in [-0.25, -0.2) is 0 Å². The molecule has 0 aliphatic carbocycles. The molecule has 0 rings (SSSR count).